The molecule has 0 bridgehead atoms. The van der Waals surface area contributed by atoms with Crippen LogP contribution in [-0.2, 0) is 9.05 Å². The summed E-state index contributed by atoms with van der Waals surface area (Å²) in [6, 6.07) is 3.37. The molecule has 0 unspecified atom stereocenters. The largest absolute Gasteiger partial charge is 0.286 e. The minimum Gasteiger partial charge on any atom is -0.258 e. The normalized spacial score (nSPS) is 10.8. The van der Waals surface area contributed by atoms with Gasteiger partial charge >= 0.3 is 0 Å². The fourth-order valence-electron chi connectivity index (χ4n) is 0.938. The van der Waals surface area contributed by atoms with Crippen molar-refractivity contribution in [3.05, 3.63) is 32.3 Å². The molecule has 1 aromatic carbocycles. The number of nitriles is 1. The van der Waals surface area contributed by atoms with Crippen LogP contribution in [0.15, 0.2) is 21.5 Å². The van der Waals surface area contributed by atoms with E-state index in [0.717, 1.165) is 12.1 Å². The Morgan fingerprint density at radius 2 is 2.06 bits per heavy atom. The number of hydrogen-bond donors (Lipinski definition) is 0. The molecule has 0 aliphatic rings. The van der Waals surface area contributed by atoms with Crippen LogP contribution in [0.4, 0.5) is 5.69 Å². The molecule has 0 saturated carbocycles. The Balaban J connectivity index is 3.68. The van der Waals surface area contributed by atoms with Crippen molar-refractivity contribution in [1.82, 2.24) is 0 Å². The summed E-state index contributed by atoms with van der Waals surface area (Å²) in [7, 11) is 0.929. The van der Waals surface area contributed by atoms with Gasteiger partial charge in [-0.15, -0.1) is 0 Å². The van der Waals surface area contributed by atoms with Gasteiger partial charge in [-0.05, 0) is 22.0 Å². The molecule has 0 radical (unpaired) electrons. The minimum absolute atomic E-state index is 0.0796. The van der Waals surface area contributed by atoms with Crippen LogP contribution in [0.5, 0.6) is 0 Å². The smallest absolute Gasteiger partial charge is 0.258 e. The molecule has 84 valence electrons. The lowest BCUT2D eigenvalue weighted by molar-refractivity contribution is -0.385. The van der Waals surface area contributed by atoms with Crippen molar-refractivity contribution >= 4 is 41.4 Å². The van der Waals surface area contributed by atoms with E-state index in [1.807, 2.05) is 0 Å². The van der Waals surface area contributed by atoms with E-state index in [9.17, 15) is 18.5 Å². The number of benzene rings is 1. The van der Waals surface area contributed by atoms with Crippen molar-refractivity contribution in [3.8, 4) is 6.07 Å². The molecule has 0 saturated heterocycles. The first-order chi connectivity index (χ1) is 7.27. The monoisotopic (exact) mass is 324 g/mol. The second-order valence-corrected chi connectivity index (χ2v) is 5.97. The standard InChI is InChI=1S/C7H2BrClN2O4S/c8-7-4(3-10)1-5(16(9,14)15)2-6(7)11(12)13/h1-2H. The fourth-order valence-corrected chi connectivity index (χ4v) is 2.18. The van der Waals surface area contributed by atoms with Crippen LogP contribution in [0.25, 0.3) is 0 Å². The number of halogens is 2. The highest BCUT2D eigenvalue weighted by molar-refractivity contribution is 9.10. The molecule has 0 fully saturated rings. The van der Waals surface area contributed by atoms with Crippen LogP contribution in [0, 0.1) is 21.4 Å². The maximum absolute atomic E-state index is 11.0. The second-order valence-electron chi connectivity index (χ2n) is 2.61. The van der Waals surface area contributed by atoms with Crippen molar-refractivity contribution in [3.63, 3.8) is 0 Å². The summed E-state index contributed by atoms with van der Waals surface area (Å²) in [5.74, 6) is 0. The average Bonchev–Trinajstić information content (AvgIpc) is 2.15. The van der Waals surface area contributed by atoms with Gasteiger partial charge < -0.3 is 0 Å². The third-order valence-corrected chi connectivity index (χ3v) is 3.79. The molecule has 1 rings (SSSR count). The number of nitrogens with zero attached hydrogens (tertiary/aromatic N) is 2. The van der Waals surface area contributed by atoms with Crippen molar-refractivity contribution in [2.24, 2.45) is 0 Å². The number of hydrogen-bond acceptors (Lipinski definition) is 5. The quantitative estimate of drug-likeness (QED) is 0.471. The molecule has 1 aromatic rings. The predicted molar refractivity (Wildman–Crippen MR) is 58.6 cm³/mol. The zero-order chi connectivity index (χ0) is 12.5. The van der Waals surface area contributed by atoms with Gasteiger partial charge in [0, 0.05) is 16.7 Å². The number of nitro benzene ring substituents is 1. The van der Waals surface area contributed by atoms with Gasteiger partial charge in [0.15, 0.2) is 0 Å². The molecular formula is C7H2BrClN2O4S. The Labute approximate surface area is 103 Å². The molecule has 0 spiro atoms. The van der Waals surface area contributed by atoms with Crippen LogP contribution < -0.4 is 0 Å². The summed E-state index contributed by atoms with van der Waals surface area (Å²) < 4.78 is 21.9. The van der Waals surface area contributed by atoms with Gasteiger partial charge in [-0.2, -0.15) is 5.26 Å². The molecule has 0 amide bonds. The second kappa shape index (κ2) is 4.37. The first-order valence-electron chi connectivity index (χ1n) is 3.60. The molecule has 0 aliphatic carbocycles. The third kappa shape index (κ3) is 2.49. The first-order valence-corrected chi connectivity index (χ1v) is 6.70. The number of nitro groups is 1. The summed E-state index contributed by atoms with van der Waals surface area (Å²) in [4.78, 5) is 9.30. The Bertz CT molecular complexity index is 608. The third-order valence-electron chi connectivity index (χ3n) is 1.63. The lowest BCUT2D eigenvalue weighted by Crippen LogP contribution is -1.97. The molecule has 0 atom stereocenters. The Kier molecular flexibility index (Phi) is 3.52. The van der Waals surface area contributed by atoms with Crippen molar-refractivity contribution in [1.29, 1.82) is 5.26 Å². The van der Waals surface area contributed by atoms with E-state index in [1.54, 1.807) is 6.07 Å². The Hall–Kier alpha value is -1.17. The molecular weight excluding hydrogens is 324 g/mol. The van der Waals surface area contributed by atoms with Gasteiger partial charge in [-0.3, -0.25) is 10.1 Å². The molecule has 0 aromatic heterocycles. The average molecular weight is 326 g/mol. The highest BCUT2D eigenvalue weighted by atomic mass is 79.9. The van der Waals surface area contributed by atoms with Crippen molar-refractivity contribution in [2.45, 2.75) is 4.90 Å². The van der Waals surface area contributed by atoms with Gasteiger partial charge in [-0.1, -0.05) is 0 Å². The van der Waals surface area contributed by atoms with Crippen LogP contribution >= 0.6 is 26.6 Å². The van der Waals surface area contributed by atoms with Gasteiger partial charge in [0.05, 0.1) is 15.4 Å². The molecule has 0 N–H and O–H groups in total. The minimum atomic E-state index is -4.11. The lowest BCUT2D eigenvalue weighted by Gasteiger charge is -2.01. The molecule has 0 heterocycles. The van der Waals surface area contributed by atoms with E-state index in [2.05, 4.69) is 15.9 Å². The van der Waals surface area contributed by atoms with Crippen LogP contribution in [0.2, 0.25) is 0 Å². The van der Waals surface area contributed by atoms with E-state index in [1.165, 1.54) is 0 Å². The van der Waals surface area contributed by atoms with E-state index in [0.29, 0.717) is 0 Å². The summed E-state index contributed by atoms with van der Waals surface area (Å²) in [5, 5.41) is 19.3. The molecule has 6 nitrogen and oxygen atoms in total. The fraction of sp³-hybridized carbons (Fsp3) is 0. The van der Waals surface area contributed by atoms with Crippen LogP contribution in [0.3, 0.4) is 0 Å². The summed E-state index contributed by atoms with van der Waals surface area (Å²) in [5.41, 5.74) is -0.702. The molecule has 16 heavy (non-hydrogen) atoms. The topological polar surface area (TPSA) is 101 Å². The zero-order valence-electron chi connectivity index (χ0n) is 7.35. The van der Waals surface area contributed by atoms with Gasteiger partial charge in [0.2, 0.25) is 0 Å². The van der Waals surface area contributed by atoms with Crippen molar-refractivity contribution in [2.75, 3.05) is 0 Å². The van der Waals surface area contributed by atoms with Crippen LogP contribution in [-0.4, -0.2) is 13.3 Å². The maximum Gasteiger partial charge on any atom is 0.286 e. The Morgan fingerprint density at radius 1 is 1.50 bits per heavy atom. The van der Waals surface area contributed by atoms with E-state index < -0.39 is 24.6 Å². The number of rotatable bonds is 2. The SMILES string of the molecule is N#Cc1cc(S(=O)(=O)Cl)cc([N+](=O)[O-])c1Br. The van der Waals surface area contributed by atoms with Gasteiger partial charge in [0.1, 0.15) is 10.5 Å². The Morgan fingerprint density at radius 3 is 2.44 bits per heavy atom. The van der Waals surface area contributed by atoms with E-state index in [4.69, 9.17) is 15.9 Å². The maximum atomic E-state index is 11.0. The molecule has 0 aliphatic heterocycles. The van der Waals surface area contributed by atoms with E-state index >= 15 is 0 Å². The molecule has 9 heteroatoms. The predicted octanol–water partition coefficient (Wildman–Crippen LogP) is 2.16. The van der Waals surface area contributed by atoms with Gasteiger partial charge in [-0.25, -0.2) is 8.42 Å². The van der Waals surface area contributed by atoms with E-state index in [-0.39, 0.29) is 10.0 Å². The highest BCUT2D eigenvalue weighted by Crippen LogP contribution is 2.32. The highest BCUT2D eigenvalue weighted by Gasteiger charge is 2.22. The summed E-state index contributed by atoms with van der Waals surface area (Å²) in [6.07, 6.45) is 0. The summed E-state index contributed by atoms with van der Waals surface area (Å²) >= 11 is 2.84. The van der Waals surface area contributed by atoms with Gasteiger partial charge in [0.25, 0.3) is 14.7 Å². The first kappa shape index (κ1) is 12.9. The van der Waals surface area contributed by atoms with Crippen molar-refractivity contribution < 1.29 is 13.3 Å². The van der Waals surface area contributed by atoms with Crippen LogP contribution in [0.1, 0.15) is 5.56 Å². The zero-order valence-corrected chi connectivity index (χ0v) is 10.5. The lowest BCUT2D eigenvalue weighted by atomic mass is 10.2. The summed E-state index contributed by atoms with van der Waals surface area (Å²) in [6.45, 7) is 0.